The van der Waals surface area contributed by atoms with Crippen molar-refractivity contribution in [3.63, 3.8) is 0 Å². The van der Waals surface area contributed by atoms with Crippen molar-refractivity contribution in [1.82, 2.24) is 4.98 Å². The second-order valence-corrected chi connectivity index (χ2v) is 7.08. The number of halogens is 1. The molecule has 0 radical (unpaired) electrons. The van der Waals surface area contributed by atoms with Crippen molar-refractivity contribution in [2.24, 2.45) is 0 Å². The Balaban J connectivity index is 2.57. The lowest BCUT2D eigenvalue weighted by Crippen LogP contribution is -2.32. The highest BCUT2D eigenvalue weighted by atomic mass is 79.9. The molecule has 22 heavy (non-hydrogen) atoms. The average Bonchev–Trinajstić information content (AvgIpc) is 2.48. The van der Waals surface area contributed by atoms with E-state index >= 15 is 0 Å². The zero-order chi connectivity index (χ0) is 16.3. The minimum absolute atomic E-state index is 0.0652. The van der Waals surface area contributed by atoms with Gasteiger partial charge in [-0.15, -0.1) is 0 Å². The van der Waals surface area contributed by atoms with Crippen LogP contribution in [0.1, 0.15) is 17.3 Å². The largest absolute Gasteiger partial charge is 0.478 e. The van der Waals surface area contributed by atoms with Crippen LogP contribution in [-0.4, -0.2) is 31.0 Å². The number of hydrogen-bond donors (Lipinski definition) is 1. The van der Waals surface area contributed by atoms with Crippen LogP contribution in [0.25, 0.3) is 0 Å². The lowest BCUT2D eigenvalue weighted by atomic mass is 10.2. The second kappa shape index (κ2) is 6.45. The van der Waals surface area contributed by atoms with E-state index in [0.717, 1.165) is 8.78 Å². The molecule has 0 unspecified atom stereocenters. The van der Waals surface area contributed by atoms with Crippen LogP contribution >= 0.6 is 15.9 Å². The Kier molecular flexibility index (Phi) is 4.82. The molecule has 1 N–H and O–H groups in total. The highest BCUT2D eigenvalue weighted by Crippen LogP contribution is 2.25. The number of rotatable bonds is 5. The first-order chi connectivity index (χ1) is 10.4. The van der Waals surface area contributed by atoms with Crippen LogP contribution in [0.2, 0.25) is 0 Å². The minimum atomic E-state index is -3.89. The summed E-state index contributed by atoms with van der Waals surface area (Å²) in [6.07, 6.45) is 1.36. The fourth-order valence-corrected chi connectivity index (χ4v) is 3.64. The van der Waals surface area contributed by atoms with Crippen LogP contribution in [0.4, 0.5) is 5.82 Å². The Labute approximate surface area is 136 Å². The van der Waals surface area contributed by atoms with E-state index in [1.54, 1.807) is 19.1 Å². The SMILES string of the molecule is CCN(c1ncccc1C(=O)O)S(=O)(=O)c1ccc(Br)cc1. The molecule has 2 rings (SSSR count). The summed E-state index contributed by atoms with van der Waals surface area (Å²) in [5.74, 6) is -1.33. The Morgan fingerprint density at radius 2 is 1.91 bits per heavy atom. The Bertz CT molecular complexity index is 791. The van der Waals surface area contributed by atoms with E-state index in [1.807, 2.05) is 0 Å². The van der Waals surface area contributed by atoms with Crippen LogP contribution in [0.3, 0.4) is 0 Å². The molecule has 0 saturated heterocycles. The number of pyridine rings is 1. The van der Waals surface area contributed by atoms with E-state index in [2.05, 4.69) is 20.9 Å². The predicted molar refractivity (Wildman–Crippen MR) is 85.5 cm³/mol. The third kappa shape index (κ3) is 3.12. The van der Waals surface area contributed by atoms with E-state index in [9.17, 15) is 18.3 Å². The molecule has 0 bridgehead atoms. The van der Waals surface area contributed by atoms with Gasteiger partial charge in [-0.2, -0.15) is 0 Å². The minimum Gasteiger partial charge on any atom is -0.478 e. The number of aromatic carboxylic acids is 1. The van der Waals surface area contributed by atoms with Gasteiger partial charge in [0, 0.05) is 17.2 Å². The molecule has 0 spiro atoms. The van der Waals surface area contributed by atoms with Gasteiger partial charge in [0.2, 0.25) is 0 Å². The molecule has 0 fully saturated rings. The number of hydrogen-bond acceptors (Lipinski definition) is 4. The number of sulfonamides is 1. The van der Waals surface area contributed by atoms with E-state index in [1.165, 1.54) is 30.5 Å². The smallest absolute Gasteiger partial charge is 0.339 e. The summed E-state index contributed by atoms with van der Waals surface area (Å²) in [5.41, 5.74) is -0.162. The standard InChI is InChI=1S/C14H13BrN2O4S/c1-2-17(13-12(14(18)19)4-3-9-16-13)22(20,21)11-7-5-10(15)6-8-11/h3-9H,2H2,1H3,(H,18,19). The number of carboxylic acid groups (broad SMARTS) is 1. The summed E-state index contributed by atoms with van der Waals surface area (Å²) in [7, 11) is -3.89. The molecule has 1 aromatic carbocycles. The molecule has 1 aromatic heterocycles. The van der Waals surface area contributed by atoms with E-state index < -0.39 is 16.0 Å². The molecule has 0 atom stereocenters. The van der Waals surface area contributed by atoms with Gasteiger partial charge in [0.15, 0.2) is 5.82 Å². The number of anilines is 1. The van der Waals surface area contributed by atoms with Crippen LogP contribution in [0.5, 0.6) is 0 Å². The van der Waals surface area contributed by atoms with Crippen molar-refractivity contribution in [3.05, 3.63) is 52.6 Å². The molecule has 0 aliphatic heterocycles. The van der Waals surface area contributed by atoms with Crippen LogP contribution in [0.15, 0.2) is 52.0 Å². The van der Waals surface area contributed by atoms with Crippen LogP contribution in [0, 0.1) is 0 Å². The molecule has 0 aliphatic rings. The summed E-state index contributed by atoms with van der Waals surface area (Å²) in [4.78, 5) is 15.3. The van der Waals surface area contributed by atoms with Crippen molar-refractivity contribution in [1.29, 1.82) is 0 Å². The Morgan fingerprint density at radius 3 is 2.45 bits per heavy atom. The van der Waals surface area contributed by atoms with Crippen molar-refractivity contribution >= 4 is 37.7 Å². The first kappa shape index (κ1) is 16.4. The van der Waals surface area contributed by atoms with Gasteiger partial charge in [0.1, 0.15) is 5.56 Å². The van der Waals surface area contributed by atoms with Crippen LogP contribution in [-0.2, 0) is 10.0 Å². The van der Waals surface area contributed by atoms with Gasteiger partial charge in [-0.05, 0) is 43.3 Å². The fraction of sp³-hybridized carbons (Fsp3) is 0.143. The summed E-state index contributed by atoms with van der Waals surface area (Å²) >= 11 is 3.24. The third-order valence-electron chi connectivity index (χ3n) is 2.94. The van der Waals surface area contributed by atoms with Gasteiger partial charge in [-0.1, -0.05) is 15.9 Å². The van der Waals surface area contributed by atoms with Gasteiger partial charge in [0.05, 0.1) is 4.90 Å². The number of benzene rings is 1. The zero-order valence-electron chi connectivity index (χ0n) is 11.6. The molecule has 1 heterocycles. The van der Waals surface area contributed by atoms with Gasteiger partial charge >= 0.3 is 5.97 Å². The maximum atomic E-state index is 12.7. The molecule has 6 nitrogen and oxygen atoms in total. The van der Waals surface area contributed by atoms with Crippen molar-refractivity contribution in [2.75, 3.05) is 10.8 Å². The molecule has 0 amide bonds. The summed E-state index contributed by atoms with van der Waals surface area (Å²) in [5, 5.41) is 9.22. The van der Waals surface area contributed by atoms with Crippen LogP contribution < -0.4 is 4.31 Å². The average molecular weight is 385 g/mol. The molecule has 0 saturated carbocycles. The number of nitrogens with zero attached hydrogens (tertiary/aromatic N) is 2. The zero-order valence-corrected chi connectivity index (χ0v) is 14.0. The third-order valence-corrected chi connectivity index (χ3v) is 5.35. The lowest BCUT2D eigenvalue weighted by Gasteiger charge is -2.23. The topological polar surface area (TPSA) is 87.6 Å². The van der Waals surface area contributed by atoms with E-state index in [4.69, 9.17) is 0 Å². The molecule has 8 heteroatoms. The van der Waals surface area contributed by atoms with E-state index in [0.29, 0.717) is 0 Å². The number of carboxylic acids is 1. The first-order valence-electron chi connectivity index (χ1n) is 6.34. The fourth-order valence-electron chi connectivity index (χ4n) is 1.93. The van der Waals surface area contributed by atoms with Gasteiger partial charge in [0.25, 0.3) is 10.0 Å². The molecule has 116 valence electrons. The molecule has 2 aromatic rings. The summed E-state index contributed by atoms with van der Waals surface area (Å²) in [6.45, 7) is 1.69. The van der Waals surface area contributed by atoms with Gasteiger partial charge in [-0.25, -0.2) is 22.5 Å². The molecule has 0 aliphatic carbocycles. The second-order valence-electron chi connectivity index (χ2n) is 4.30. The lowest BCUT2D eigenvalue weighted by molar-refractivity contribution is 0.0697. The van der Waals surface area contributed by atoms with E-state index in [-0.39, 0.29) is 22.8 Å². The summed E-state index contributed by atoms with van der Waals surface area (Å²) in [6, 6.07) is 8.89. The van der Waals surface area contributed by atoms with Crippen molar-refractivity contribution in [2.45, 2.75) is 11.8 Å². The van der Waals surface area contributed by atoms with Crippen molar-refractivity contribution < 1.29 is 18.3 Å². The maximum Gasteiger partial charge on any atom is 0.339 e. The maximum absolute atomic E-state index is 12.7. The molecular formula is C14H13BrN2O4S. The Morgan fingerprint density at radius 1 is 1.27 bits per heavy atom. The number of aromatic nitrogens is 1. The first-order valence-corrected chi connectivity index (χ1v) is 8.58. The molecular weight excluding hydrogens is 372 g/mol. The van der Waals surface area contributed by atoms with Gasteiger partial charge < -0.3 is 5.11 Å². The summed E-state index contributed by atoms with van der Waals surface area (Å²) < 4.78 is 27.2. The normalized spacial score (nSPS) is 11.2. The quantitative estimate of drug-likeness (QED) is 0.855. The predicted octanol–water partition coefficient (Wildman–Crippen LogP) is 2.76. The highest BCUT2D eigenvalue weighted by Gasteiger charge is 2.28. The highest BCUT2D eigenvalue weighted by molar-refractivity contribution is 9.10. The van der Waals surface area contributed by atoms with Crippen molar-refractivity contribution in [3.8, 4) is 0 Å². The monoisotopic (exact) mass is 384 g/mol. The Hall–Kier alpha value is -1.93. The number of carbonyl (C=O) groups is 1. The van der Waals surface area contributed by atoms with Gasteiger partial charge in [-0.3, -0.25) is 0 Å².